The second kappa shape index (κ2) is 7.13. The number of aromatic amines is 2. The van der Waals surface area contributed by atoms with E-state index in [0.29, 0.717) is 5.13 Å². The van der Waals surface area contributed by atoms with Crippen LogP contribution in [0.1, 0.15) is 18.4 Å². The molecule has 3 N–H and O–H groups in total. The molecule has 0 aliphatic heterocycles. The number of H-pyrrole nitrogens is 2. The van der Waals surface area contributed by atoms with Crippen LogP contribution in [-0.4, -0.2) is 37.0 Å². The third-order valence-corrected chi connectivity index (χ3v) is 4.05. The second-order valence-electron chi connectivity index (χ2n) is 3.90. The van der Waals surface area contributed by atoms with Crippen molar-refractivity contribution in [2.75, 3.05) is 11.1 Å². The molecule has 0 radical (unpaired) electrons. The number of carbonyl (C=O) groups is 1. The van der Waals surface area contributed by atoms with Crippen molar-refractivity contribution < 1.29 is 4.79 Å². The van der Waals surface area contributed by atoms with Crippen LogP contribution >= 0.6 is 23.1 Å². The first kappa shape index (κ1) is 15.4. The summed E-state index contributed by atoms with van der Waals surface area (Å²) in [6, 6.07) is 0. The van der Waals surface area contributed by atoms with Gasteiger partial charge in [-0.25, -0.2) is 9.89 Å². The molecule has 9 nitrogen and oxygen atoms in total. The average Bonchev–Trinajstić information content (AvgIpc) is 2.85. The van der Waals surface area contributed by atoms with Gasteiger partial charge in [-0.05, 0) is 6.42 Å². The van der Waals surface area contributed by atoms with Crippen LogP contribution in [0, 0.1) is 0 Å². The van der Waals surface area contributed by atoms with E-state index in [1.54, 1.807) is 0 Å². The molecule has 2 aromatic heterocycles. The average molecular weight is 328 g/mol. The molecule has 0 unspecified atom stereocenters. The number of nitrogens with zero attached hydrogens (tertiary/aromatic N) is 3. The Hall–Kier alpha value is -2.01. The minimum absolute atomic E-state index is 0.0219. The summed E-state index contributed by atoms with van der Waals surface area (Å²) in [7, 11) is 0. The highest BCUT2D eigenvalue weighted by Crippen LogP contribution is 2.17. The minimum Gasteiger partial charge on any atom is -0.300 e. The van der Waals surface area contributed by atoms with Gasteiger partial charge >= 0.3 is 5.69 Å². The first-order chi connectivity index (χ1) is 10.1. The van der Waals surface area contributed by atoms with E-state index in [1.165, 1.54) is 11.3 Å². The van der Waals surface area contributed by atoms with Crippen LogP contribution in [0.15, 0.2) is 14.6 Å². The molecular weight excluding hydrogens is 316 g/mol. The molecule has 0 spiro atoms. The van der Waals surface area contributed by atoms with E-state index in [2.05, 4.69) is 25.7 Å². The molecule has 2 rings (SSSR count). The van der Waals surface area contributed by atoms with Crippen LogP contribution in [0.5, 0.6) is 0 Å². The Morgan fingerprint density at radius 2 is 2.19 bits per heavy atom. The first-order valence-electron chi connectivity index (χ1n) is 6.02. The Bertz CT molecular complexity index is 737. The number of hydrogen-bond donors (Lipinski definition) is 3. The Balaban J connectivity index is 1.89. The van der Waals surface area contributed by atoms with Gasteiger partial charge in [0.2, 0.25) is 11.0 Å². The number of carbonyl (C=O) groups excluding carboxylic acids is 1. The second-order valence-corrected chi connectivity index (χ2v) is 5.93. The van der Waals surface area contributed by atoms with Gasteiger partial charge in [-0.2, -0.15) is 5.10 Å². The lowest BCUT2D eigenvalue weighted by Crippen LogP contribution is -2.25. The monoisotopic (exact) mass is 328 g/mol. The largest absolute Gasteiger partial charge is 0.342 e. The molecule has 21 heavy (non-hydrogen) atoms. The van der Waals surface area contributed by atoms with Crippen LogP contribution in [0.2, 0.25) is 0 Å². The standard InChI is InChI=1S/C10H12N6O3S2/c1-2-3-6-13-16-10(21-6)11-5(17)4-20-8-7(18)12-9(19)15-14-8/h2-4H2,1H3,(H,11,16,17)(H2,12,15,18,19). The van der Waals surface area contributed by atoms with Crippen molar-refractivity contribution in [3.8, 4) is 0 Å². The number of aromatic nitrogens is 5. The molecule has 1 amide bonds. The van der Waals surface area contributed by atoms with Crippen molar-refractivity contribution in [2.45, 2.75) is 24.8 Å². The highest BCUT2D eigenvalue weighted by molar-refractivity contribution is 7.99. The molecule has 2 aromatic rings. The van der Waals surface area contributed by atoms with E-state index in [-0.39, 0.29) is 16.7 Å². The molecule has 0 bridgehead atoms. The SMILES string of the molecule is CCCc1nnc(NC(=O)CSc2n[nH]c(=O)[nH]c2=O)s1. The van der Waals surface area contributed by atoms with Crippen LogP contribution in [0.25, 0.3) is 0 Å². The first-order valence-corrected chi connectivity index (χ1v) is 7.82. The van der Waals surface area contributed by atoms with E-state index in [9.17, 15) is 14.4 Å². The summed E-state index contributed by atoms with van der Waals surface area (Å²) in [5, 5.41) is 17.4. The summed E-state index contributed by atoms with van der Waals surface area (Å²) in [4.78, 5) is 35.9. The molecule has 0 aliphatic rings. The summed E-state index contributed by atoms with van der Waals surface area (Å²) in [6.45, 7) is 2.03. The number of amides is 1. The zero-order chi connectivity index (χ0) is 15.2. The molecule has 2 heterocycles. The Labute approximate surface area is 126 Å². The van der Waals surface area contributed by atoms with E-state index in [4.69, 9.17) is 0 Å². The van der Waals surface area contributed by atoms with Crippen molar-refractivity contribution in [3.05, 3.63) is 25.8 Å². The number of aryl methyl sites for hydroxylation is 1. The van der Waals surface area contributed by atoms with Crippen molar-refractivity contribution in [2.24, 2.45) is 0 Å². The summed E-state index contributed by atoms with van der Waals surface area (Å²) < 4.78 is 0. The van der Waals surface area contributed by atoms with Crippen LogP contribution in [0.3, 0.4) is 0 Å². The van der Waals surface area contributed by atoms with Gasteiger partial charge in [-0.1, -0.05) is 30.0 Å². The number of anilines is 1. The van der Waals surface area contributed by atoms with Crippen molar-refractivity contribution >= 4 is 34.1 Å². The molecule has 0 atom stereocenters. The summed E-state index contributed by atoms with van der Waals surface area (Å²) in [5.41, 5.74) is -1.32. The maximum atomic E-state index is 11.7. The predicted molar refractivity (Wildman–Crippen MR) is 78.7 cm³/mol. The Kier molecular flexibility index (Phi) is 5.22. The van der Waals surface area contributed by atoms with Gasteiger partial charge in [0.15, 0.2) is 5.03 Å². The van der Waals surface area contributed by atoms with Crippen molar-refractivity contribution in [1.82, 2.24) is 25.4 Å². The highest BCUT2D eigenvalue weighted by atomic mass is 32.2. The molecule has 0 aromatic carbocycles. The lowest BCUT2D eigenvalue weighted by Gasteiger charge is -1.99. The summed E-state index contributed by atoms with van der Waals surface area (Å²) in [5.74, 6) is -0.350. The normalized spacial score (nSPS) is 10.5. The molecule has 0 fully saturated rings. The smallest absolute Gasteiger partial charge is 0.300 e. The maximum absolute atomic E-state index is 11.7. The van der Waals surface area contributed by atoms with Crippen molar-refractivity contribution in [1.29, 1.82) is 0 Å². The Morgan fingerprint density at radius 1 is 1.38 bits per heavy atom. The van der Waals surface area contributed by atoms with Gasteiger partial charge < -0.3 is 0 Å². The zero-order valence-electron chi connectivity index (χ0n) is 11.0. The zero-order valence-corrected chi connectivity index (χ0v) is 12.6. The van der Waals surface area contributed by atoms with E-state index < -0.39 is 11.2 Å². The fraction of sp³-hybridized carbons (Fsp3) is 0.400. The fourth-order valence-corrected chi connectivity index (χ4v) is 2.83. The molecule has 0 saturated heterocycles. The topological polar surface area (TPSA) is 133 Å². The number of nitrogens with one attached hydrogen (secondary N) is 3. The van der Waals surface area contributed by atoms with E-state index in [1.807, 2.05) is 11.9 Å². The van der Waals surface area contributed by atoms with Crippen molar-refractivity contribution in [3.63, 3.8) is 0 Å². The fourth-order valence-electron chi connectivity index (χ4n) is 1.34. The van der Waals surface area contributed by atoms with Gasteiger partial charge in [-0.15, -0.1) is 10.2 Å². The van der Waals surface area contributed by atoms with Crippen LogP contribution in [0.4, 0.5) is 5.13 Å². The predicted octanol–water partition coefficient (Wildman–Crippen LogP) is -0.00700. The minimum atomic E-state index is -0.689. The van der Waals surface area contributed by atoms with E-state index >= 15 is 0 Å². The number of rotatable bonds is 6. The van der Waals surface area contributed by atoms with Gasteiger partial charge in [0.25, 0.3) is 5.56 Å². The molecule has 0 saturated carbocycles. The lowest BCUT2D eigenvalue weighted by molar-refractivity contribution is -0.113. The van der Waals surface area contributed by atoms with Gasteiger partial charge in [0.05, 0.1) is 5.75 Å². The molecule has 0 aliphatic carbocycles. The molecule has 112 valence electrons. The third kappa shape index (κ3) is 4.49. The van der Waals surface area contributed by atoms with Gasteiger partial charge in [0, 0.05) is 6.42 Å². The molecule has 11 heteroatoms. The maximum Gasteiger partial charge on any atom is 0.342 e. The summed E-state index contributed by atoms with van der Waals surface area (Å²) in [6.07, 6.45) is 1.78. The highest BCUT2D eigenvalue weighted by Gasteiger charge is 2.10. The van der Waals surface area contributed by atoms with Gasteiger partial charge in [-0.3, -0.25) is 19.9 Å². The third-order valence-electron chi connectivity index (χ3n) is 2.20. The molecular formula is C10H12N6O3S2. The quantitative estimate of drug-likeness (QED) is 0.635. The van der Waals surface area contributed by atoms with Gasteiger partial charge in [0.1, 0.15) is 5.01 Å². The number of hydrogen-bond acceptors (Lipinski definition) is 8. The number of thioether (sulfide) groups is 1. The lowest BCUT2D eigenvalue weighted by atomic mass is 10.4. The van der Waals surface area contributed by atoms with Crippen LogP contribution < -0.4 is 16.6 Å². The van der Waals surface area contributed by atoms with E-state index in [0.717, 1.165) is 29.6 Å². The summed E-state index contributed by atoms with van der Waals surface area (Å²) >= 11 is 2.24. The van der Waals surface area contributed by atoms with Crippen LogP contribution in [-0.2, 0) is 11.2 Å². The Morgan fingerprint density at radius 3 is 2.90 bits per heavy atom.